The van der Waals surface area contributed by atoms with Crippen LogP contribution in [-0.2, 0) is 6.42 Å². The summed E-state index contributed by atoms with van der Waals surface area (Å²) < 4.78 is 0. The van der Waals surface area contributed by atoms with E-state index in [1.807, 2.05) is 60.7 Å². The Labute approximate surface area is 258 Å². The Balaban J connectivity index is 0.00000312. The lowest BCUT2D eigenvalue weighted by atomic mass is 9.95. The summed E-state index contributed by atoms with van der Waals surface area (Å²) in [5.41, 5.74) is 13.3. The van der Waals surface area contributed by atoms with Crippen LogP contribution in [0.4, 0.5) is 0 Å². The van der Waals surface area contributed by atoms with Gasteiger partial charge in [0.05, 0.1) is 0 Å². The minimum Gasteiger partial charge on any atom is -0.208 e. The molecule has 1 aliphatic rings. The summed E-state index contributed by atoms with van der Waals surface area (Å²) in [7, 11) is 0. The SMILES string of the molecule is C.c1ccc(-c2nc(-c3ccccc3)nc(-c3ccc(-c4ccc5c(c4)-c4cccc(-c6ccccc6)c4C5)cc3)n2)cc1. The first kappa shape index (κ1) is 27.2. The Hall–Kier alpha value is -5.67. The Morgan fingerprint density at radius 1 is 0.341 bits per heavy atom. The zero-order chi connectivity index (χ0) is 28.6. The number of rotatable bonds is 5. The van der Waals surface area contributed by atoms with Crippen molar-refractivity contribution in [1.82, 2.24) is 15.0 Å². The Morgan fingerprint density at radius 3 is 1.36 bits per heavy atom. The van der Waals surface area contributed by atoms with Crippen LogP contribution in [0.5, 0.6) is 0 Å². The number of fused-ring (bicyclic) bond motifs is 3. The fourth-order valence-electron chi connectivity index (χ4n) is 6.02. The van der Waals surface area contributed by atoms with Crippen molar-refractivity contribution in [2.45, 2.75) is 13.8 Å². The second kappa shape index (κ2) is 11.5. The summed E-state index contributed by atoms with van der Waals surface area (Å²) in [5.74, 6) is 2.00. The number of aromatic nitrogens is 3. The fourth-order valence-corrected chi connectivity index (χ4v) is 6.02. The van der Waals surface area contributed by atoms with E-state index in [-0.39, 0.29) is 7.43 Å². The highest BCUT2D eigenvalue weighted by molar-refractivity contribution is 5.87. The van der Waals surface area contributed by atoms with Gasteiger partial charge >= 0.3 is 0 Å². The first-order valence-electron chi connectivity index (χ1n) is 14.6. The molecule has 0 saturated carbocycles. The van der Waals surface area contributed by atoms with Gasteiger partial charge in [0.2, 0.25) is 0 Å². The summed E-state index contributed by atoms with van der Waals surface area (Å²) >= 11 is 0. The van der Waals surface area contributed by atoms with Crippen molar-refractivity contribution in [2.75, 3.05) is 0 Å². The molecule has 0 bridgehead atoms. The van der Waals surface area contributed by atoms with Crippen LogP contribution in [-0.4, -0.2) is 15.0 Å². The predicted molar refractivity (Wildman–Crippen MR) is 182 cm³/mol. The van der Waals surface area contributed by atoms with Gasteiger partial charge in [0.25, 0.3) is 0 Å². The van der Waals surface area contributed by atoms with Crippen LogP contribution in [0.2, 0.25) is 0 Å². The zero-order valence-corrected chi connectivity index (χ0v) is 23.5. The van der Waals surface area contributed by atoms with Crippen molar-refractivity contribution in [2.24, 2.45) is 0 Å². The van der Waals surface area contributed by atoms with E-state index in [9.17, 15) is 0 Å². The highest BCUT2D eigenvalue weighted by Crippen LogP contribution is 2.43. The summed E-state index contributed by atoms with van der Waals surface area (Å²) in [5, 5.41) is 0. The van der Waals surface area contributed by atoms with Crippen LogP contribution in [0.15, 0.2) is 152 Å². The lowest BCUT2D eigenvalue weighted by Crippen LogP contribution is -2.00. The molecule has 0 radical (unpaired) electrons. The molecule has 1 aliphatic carbocycles. The van der Waals surface area contributed by atoms with Gasteiger partial charge in [0, 0.05) is 16.7 Å². The van der Waals surface area contributed by atoms with Gasteiger partial charge in [0.15, 0.2) is 17.5 Å². The fraction of sp³-hybridized carbons (Fsp3) is 0.0488. The van der Waals surface area contributed by atoms with Crippen molar-refractivity contribution >= 4 is 0 Å². The Morgan fingerprint density at radius 2 is 0.795 bits per heavy atom. The maximum Gasteiger partial charge on any atom is 0.164 e. The average molecular weight is 566 g/mol. The van der Waals surface area contributed by atoms with Gasteiger partial charge in [-0.2, -0.15) is 0 Å². The first-order valence-corrected chi connectivity index (χ1v) is 14.6. The van der Waals surface area contributed by atoms with Crippen LogP contribution >= 0.6 is 0 Å². The van der Waals surface area contributed by atoms with Crippen LogP contribution in [0.1, 0.15) is 18.6 Å². The number of hydrogen-bond donors (Lipinski definition) is 0. The van der Waals surface area contributed by atoms with Crippen LogP contribution in [0.25, 0.3) is 67.5 Å². The topological polar surface area (TPSA) is 38.7 Å². The molecular weight excluding hydrogens is 534 g/mol. The lowest BCUT2D eigenvalue weighted by Gasteiger charge is -2.10. The number of benzene rings is 6. The van der Waals surface area contributed by atoms with E-state index < -0.39 is 0 Å². The predicted octanol–water partition coefficient (Wildman–Crippen LogP) is 10.4. The molecule has 0 unspecified atom stereocenters. The molecule has 0 aliphatic heterocycles. The van der Waals surface area contributed by atoms with Gasteiger partial charge < -0.3 is 0 Å². The minimum absolute atomic E-state index is 0. The molecule has 0 atom stereocenters. The highest BCUT2D eigenvalue weighted by Gasteiger charge is 2.22. The monoisotopic (exact) mass is 565 g/mol. The van der Waals surface area contributed by atoms with Crippen molar-refractivity contribution in [3.05, 3.63) is 163 Å². The molecule has 0 spiro atoms. The van der Waals surface area contributed by atoms with E-state index in [4.69, 9.17) is 15.0 Å². The molecule has 8 rings (SSSR count). The summed E-state index contributed by atoms with van der Waals surface area (Å²) in [6, 6.07) is 53.0. The maximum absolute atomic E-state index is 4.89. The maximum atomic E-state index is 4.89. The van der Waals surface area contributed by atoms with Crippen molar-refractivity contribution < 1.29 is 0 Å². The molecule has 1 aromatic heterocycles. The second-order valence-electron chi connectivity index (χ2n) is 10.9. The molecular formula is C41H31N3. The molecule has 1 heterocycles. The van der Waals surface area contributed by atoms with Gasteiger partial charge in [0.1, 0.15) is 0 Å². The van der Waals surface area contributed by atoms with E-state index in [2.05, 4.69) is 91.0 Å². The molecule has 3 nitrogen and oxygen atoms in total. The molecule has 0 amide bonds. The normalized spacial score (nSPS) is 11.4. The zero-order valence-electron chi connectivity index (χ0n) is 23.5. The third-order valence-corrected chi connectivity index (χ3v) is 8.20. The van der Waals surface area contributed by atoms with Crippen LogP contribution in [0, 0.1) is 0 Å². The molecule has 3 heteroatoms. The molecule has 0 N–H and O–H groups in total. The van der Waals surface area contributed by atoms with E-state index in [1.54, 1.807) is 0 Å². The number of nitrogens with zero attached hydrogens (tertiary/aromatic N) is 3. The average Bonchev–Trinajstić information content (AvgIpc) is 3.47. The molecule has 0 saturated heterocycles. The van der Waals surface area contributed by atoms with E-state index in [1.165, 1.54) is 44.5 Å². The molecule has 0 fully saturated rings. The van der Waals surface area contributed by atoms with Crippen LogP contribution < -0.4 is 0 Å². The van der Waals surface area contributed by atoms with Gasteiger partial charge in [-0.25, -0.2) is 15.0 Å². The minimum atomic E-state index is 0. The molecule has 7 aromatic rings. The van der Waals surface area contributed by atoms with Crippen molar-refractivity contribution in [3.63, 3.8) is 0 Å². The van der Waals surface area contributed by atoms with Crippen molar-refractivity contribution in [3.8, 4) is 67.5 Å². The summed E-state index contributed by atoms with van der Waals surface area (Å²) in [4.78, 5) is 14.6. The summed E-state index contributed by atoms with van der Waals surface area (Å²) in [6.07, 6.45) is 0.960. The Bertz CT molecular complexity index is 2010. The largest absolute Gasteiger partial charge is 0.208 e. The quantitative estimate of drug-likeness (QED) is 0.208. The third kappa shape index (κ3) is 4.99. The number of hydrogen-bond acceptors (Lipinski definition) is 3. The van der Waals surface area contributed by atoms with Gasteiger partial charge in [-0.05, 0) is 57.0 Å². The van der Waals surface area contributed by atoms with Crippen LogP contribution in [0.3, 0.4) is 0 Å². The van der Waals surface area contributed by atoms with Gasteiger partial charge in [-0.15, -0.1) is 0 Å². The summed E-state index contributed by atoms with van der Waals surface area (Å²) in [6.45, 7) is 0. The van der Waals surface area contributed by atoms with E-state index in [0.717, 1.165) is 23.1 Å². The van der Waals surface area contributed by atoms with E-state index >= 15 is 0 Å². The molecule has 6 aromatic carbocycles. The standard InChI is InChI=1S/C40H27N3.CH4/c1-4-11-28(12-5-1)34-17-10-18-35-36-25-32(23-24-33(36)26-37(34)35)27-19-21-31(22-20-27)40-42-38(29-13-6-2-7-14-29)41-39(43-40)30-15-8-3-9-16-30;/h1-25H,26H2;1H4. The van der Waals surface area contributed by atoms with Crippen molar-refractivity contribution in [1.29, 1.82) is 0 Å². The molecule has 44 heavy (non-hydrogen) atoms. The lowest BCUT2D eigenvalue weighted by molar-refractivity contribution is 1.07. The van der Waals surface area contributed by atoms with E-state index in [0.29, 0.717) is 17.5 Å². The van der Waals surface area contributed by atoms with Gasteiger partial charge in [-0.3, -0.25) is 0 Å². The highest BCUT2D eigenvalue weighted by atomic mass is 15.0. The second-order valence-corrected chi connectivity index (χ2v) is 10.9. The molecule has 210 valence electrons. The first-order chi connectivity index (χ1) is 21.3. The Kier molecular flexibility index (Phi) is 7.13. The smallest absolute Gasteiger partial charge is 0.164 e. The van der Waals surface area contributed by atoms with Gasteiger partial charge in [-0.1, -0.05) is 153 Å². The third-order valence-electron chi connectivity index (χ3n) is 8.20.